The zero-order valence-electron chi connectivity index (χ0n) is 5.89. The highest BCUT2D eigenvalue weighted by molar-refractivity contribution is 4.66. The lowest BCUT2D eigenvalue weighted by molar-refractivity contribution is -0.144. The van der Waals surface area contributed by atoms with Crippen molar-refractivity contribution < 1.29 is 9.47 Å². The van der Waals surface area contributed by atoms with Gasteiger partial charge < -0.3 is 14.8 Å². The van der Waals surface area contributed by atoms with Crippen LogP contribution in [0.25, 0.3) is 0 Å². The molecule has 0 aromatic rings. The van der Waals surface area contributed by atoms with Gasteiger partial charge in [0, 0.05) is 19.7 Å². The van der Waals surface area contributed by atoms with E-state index in [-0.39, 0.29) is 6.29 Å². The molecule has 9 heavy (non-hydrogen) atoms. The molecular weight excluding hydrogens is 118 g/mol. The minimum absolute atomic E-state index is 0.0406. The fraction of sp³-hybridized carbons (Fsp3) is 1.00. The molecule has 0 aromatic carbocycles. The van der Waals surface area contributed by atoms with Crippen LogP contribution in [0.1, 0.15) is 6.92 Å². The van der Waals surface area contributed by atoms with Crippen LogP contribution in [-0.2, 0) is 9.47 Å². The summed E-state index contributed by atoms with van der Waals surface area (Å²) in [7, 11) is 1.66. The zero-order chi connectivity index (χ0) is 6.69. The van der Waals surface area contributed by atoms with E-state index in [4.69, 9.17) is 9.47 Å². The Hall–Kier alpha value is -0.120. The summed E-state index contributed by atoms with van der Waals surface area (Å²) in [5, 5.41) is 3.23. The molecule has 54 valence electrons. The van der Waals surface area contributed by atoms with Crippen molar-refractivity contribution in [2.24, 2.45) is 0 Å². The Kier molecular flexibility index (Phi) is 2.45. The van der Waals surface area contributed by atoms with Crippen LogP contribution in [0.15, 0.2) is 0 Å². The Morgan fingerprint density at radius 1 is 1.67 bits per heavy atom. The number of morpholine rings is 1. The molecule has 0 aliphatic carbocycles. The molecule has 0 spiro atoms. The van der Waals surface area contributed by atoms with Gasteiger partial charge >= 0.3 is 0 Å². The van der Waals surface area contributed by atoms with E-state index in [0.717, 1.165) is 13.2 Å². The zero-order valence-corrected chi connectivity index (χ0v) is 5.89. The first kappa shape index (κ1) is 6.99. The van der Waals surface area contributed by atoms with Crippen LogP contribution >= 0.6 is 0 Å². The number of methoxy groups -OCH3 is 1. The highest BCUT2D eigenvalue weighted by atomic mass is 16.7. The van der Waals surface area contributed by atoms with Crippen molar-refractivity contribution in [1.82, 2.24) is 5.32 Å². The van der Waals surface area contributed by atoms with Crippen molar-refractivity contribution in [3.63, 3.8) is 0 Å². The van der Waals surface area contributed by atoms with E-state index < -0.39 is 0 Å². The molecule has 1 aliphatic heterocycles. The van der Waals surface area contributed by atoms with Crippen molar-refractivity contribution >= 4 is 0 Å². The Morgan fingerprint density at radius 2 is 2.44 bits per heavy atom. The van der Waals surface area contributed by atoms with Crippen molar-refractivity contribution in [1.29, 1.82) is 0 Å². The minimum atomic E-state index is -0.0406. The van der Waals surface area contributed by atoms with Gasteiger partial charge in [-0.05, 0) is 6.92 Å². The second-order valence-corrected chi connectivity index (χ2v) is 2.31. The van der Waals surface area contributed by atoms with Gasteiger partial charge in [0.05, 0.1) is 6.61 Å². The minimum Gasteiger partial charge on any atom is -0.355 e. The average molecular weight is 131 g/mol. The Morgan fingerprint density at radius 3 is 2.89 bits per heavy atom. The third-order valence-corrected chi connectivity index (χ3v) is 1.43. The van der Waals surface area contributed by atoms with Crippen LogP contribution in [0.4, 0.5) is 0 Å². The topological polar surface area (TPSA) is 30.5 Å². The number of ether oxygens (including phenoxy) is 2. The van der Waals surface area contributed by atoms with Crippen LogP contribution in [0, 0.1) is 0 Å². The molecule has 1 saturated heterocycles. The summed E-state index contributed by atoms with van der Waals surface area (Å²) in [4.78, 5) is 0. The van der Waals surface area contributed by atoms with E-state index in [1.54, 1.807) is 7.11 Å². The van der Waals surface area contributed by atoms with Crippen molar-refractivity contribution in [3.8, 4) is 0 Å². The van der Waals surface area contributed by atoms with E-state index in [1.165, 1.54) is 0 Å². The summed E-state index contributed by atoms with van der Waals surface area (Å²) in [6.45, 7) is 3.64. The summed E-state index contributed by atoms with van der Waals surface area (Å²) in [5.74, 6) is 0. The van der Waals surface area contributed by atoms with Crippen molar-refractivity contribution in [2.45, 2.75) is 19.3 Å². The molecule has 1 heterocycles. The van der Waals surface area contributed by atoms with Gasteiger partial charge in [0.25, 0.3) is 0 Å². The van der Waals surface area contributed by atoms with Gasteiger partial charge in [-0.25, -0.2) is 0 Å². The standard InChI is InChI=1S/C6H13NO2/c1-5-4-9-6(8-2)3-7-5/h5-7H,3-4H2,1-2H3. The van der Waals surface area contributed by atoms with E-state index in [1.807, 2.05) is 0 Å². The summed E-state index contributed by atoms with van der Waals surface area (Å²) in [5.41, 5.74) is 0. The second kappa shape index (κ2) is 3.15. The Bertz CT molecular complexity index is 79.1. The van der Waals surface area contributed by atoms with Gasteiger partial charge in [0.15, 0.2) is 6.29 Å². The maximum absolute atomic E-state index is 5.25. The molecule has 0 saturated carbocycles. The molecule has 1 N–H and O–H groups in total. The van der Waals surface area contributed by atoms with Gasteiger partial charge in [0.1, 0.15) is 0 Å². The van der Waals surface area contributed by atoms with Crippen molar-refractivity contribution in [3.05, 3.63) is 0 Å². The van der Waals surface area contributed by atoms with E-state index in [2.05, 4.69) is 12.2 Å². The molecule has 3 heteroatoms. The van der Waals surface area contributed by atoms with Crippen LogP contribution < -0.4 is 5.32 Å². The highest BCUT2D eigenvalue weighted by Gasteiger charge is 2.15. The lowest BCUT2D eigenvalue weighted by atomic mass is 10.3. The first-order valence-electron chi connectivity index (χ1n) is 3.20. The number of hydrogen-bond donors (Lipinski definition) is 1. The van der Waals surface area contributed by atoms with E-state index >= 15 is 0 Å². The lowest BCUT2D eigenvalue weighted by Gasteiger charge is -2.26. The highest BCUT2D eigenvalue weighted by Crippen LogP contribution is 1.99. The number of nitrogens with one attached hydrogen (secondary N) is 1. The molecule has 0 aromatic heterocycles. The molecular formula is C6H13NO2. The van der Waals surface area contributed by atoms with Crippen LogP contribution in [0.5, 0.6) is 0 Å². The first-order valence-corrected chi connectivity index (χ1v) is 3.20. The van der Waals surface area contributed by atoms with Gasteiger partial charge in [-0.1, -0.05) is 0 Å². The molecule has 1 aliphatic rings. The molecule has 0 radical (unpaired) electrons. The molecule has 2 atom stereocenters. The van der Waals surface area contributed by atoms with E-state index in [0.29, 0.717) is 6.04 Å². The predicted octanol–water partition coefficient (Wildman–Crippen LogP) is -0.0328. The van der Waals surface area contributed by atoms with E-state index in [9.17, 15) is 0 Å². The van der Waals surface area contributed by atoms with Gasteiger partial charge in [0.2, 0.25) is 0 Å². The van der Waals surface area contributed by atoms with Crippen molar-refractivity contribution in [2.75, 3.05) is 20.3 Å². The van der Waals surface area contributed by atoms with Crippen LogP contribution in [0.2, 0.25) is 0 Å². The Labute approximate surface area is 55.3 Å². The Balaban J connectivity index is 2.18. The molecule has 3 nitrogen and oxygen atoms in total. The normalized spacial score (nSPS) is 36.7. The summed E-state index contributed by atoms with van der Waals surface area (Å²) >= 11 is 0. The molecule has 1 fully saturated rings. The molecule has 0 amide bonds. The van der Waals surface area contributed by atoms with Gasteiger partial charge in [-0.15, -0.1) is 0 Å². The maximum atomic E-state index is 5.25. The lowest BCUT2D eigenvalue weighted by Crippen LogP contribution is -2.45. The average Bonchev–Trinajstić information content (AvgIpc) is 1.90. The first-order chi connectivity index (χ1) is 4.33. The summed E-state index contributed by atoms with van der Waals surface area (Å²) in [6.07, 6.45) is -0.0406. The van der Waals surface area contributed by atoms with Crippen LogP contribution in [-0.4, -0.2) is 32.6 Å². The SMILES string of the molecule is COC1CNC(C)CO1. The fourth-order valence-corrected chi connectivity index (χ4v) is 0.818. The van der Waals surface area contributed by atoms with Crippen LogP contribution in [0.3, 0.4) is 0 Å². The largest absolute Gasteiger partial charge is 0.355 e. The fourth-order valence-electron chi connectivity index (χ4n) is 0.818. The predicted molar refractivity (Wildman–Crippen MR) is 34.2 cm³/mol. The second-order valence-electron chi connectivity index (χ2n) is 2.31. The molecule has 2 unspecified atom stereocenters. The summed E-state index contributed by atoms with van der Waals surface area (Å²) in [6, 6.07) is 0.469. The smallest absolute Gasteiger partial charge is 0.169 e. The molecule has 1 rings (SSSR count). The summed E-state index contributed by atoms with van der Waals surface area (Å²) < 4.78 is 10.2. The van der Waals surface area contributed by atoms with Gasteiger partial charge in [-0.3, -0.25) is 0 Å². The number of rotatable bonds is 1. The maximum Gasteiger partial charge on any atom is 0.169 e. The number of hydrogen-bond acceptors (Lipinski definition) is 3. The third-order valence-electron chi connectivity index (χ3n) is 1.43. The molecule has 0 bridgehead atoms. The quantitative estimate of drug-likeness (QED) is 0.542. The van der Waals surface area contributed by atoms with Gasteiger partial charge in [-0.2, -0.15) is 0 Å². The third kappa shape index (κ3) is 1.93. The monoisotopic (exact) mass is 131 g/mol.